The molecule has 0 fully saturated rings. The normalized spacial score (nSPS) is 12.2. The molecular weight excluding hydrogens is 400 g/mol. The van der Waals surface area contributed by atoms with Crippen molar-refractivity contribution in [3.05, 3.63) is 95.5 Å². The van der Waals surface area contributed by atoms with Crippen molar-refractivity contribution in [2.75, 3.05) is 0 Å². The third-order valence-electron chi connectivity index (χ3n) is 3.89. The van der Waals surface area contributed by atoms with Gasteiger partial charge in [-0.2, -0.15) is 9.50 Å². The van der Waals surface area contributed by atoms with E-state index in [9.17, 15) is 14.9 Å². The predicted molar refractivity (Wildman–Crippen MR) is 109 cm³/mol. The highest BCUT2D eigenvalue weighted by Gasteiger charge is 2.09. The summed E-state index contributed by atoms with van der Waals surface area (Å²) >= 11 is 7.07. The molecule has 4 rings (SSSR count). The van der Waals surface area contributed by atoms with E-state index in [0.717, 1.165) is 5.56 Å². The van der Waals surface area contributed by atoms with Gasteiger partial charge in [0, 0.05) is 17.2 Å². The molecule has 0 aliphatic heterocycles. The largest absolute Gasteiger partial charge is 0.291 e. The van der Waals surface area contributed by atoms with Crippen LogP contribution < -0.4 is 10.1 Å². The summed E-state index contributed by atoms with van der Waals surface area (Å²) < 4.78 is 1.71. The molecule has 4 aromatic rings. The average molecular weight is 411 g/mol. The molecule has 0 N–H and O–H groups in total. The Morgan fingerprint density at radius 2 is 1.71 bits per heavy atom. The fraction of sp³-hybridized carbons (Fsp3) is 0. The summed E-state index contributed by atoms with van der Waals surface area (Å²) in [4.78, 5) is 27.6. The number of hydrogen-bond donors (Lipinski definition) is 0. The number of nitro benzene ring substituents is 1. The van der Waals surface area contributed by atoms with Crippen LogP contribution in [0.4, 0.5) is 5.69 Å². The Balaban J connectivity index is 1.63. The highest BCUT2D eigenvalue weighted by Crippen LogP contribution is 2.14. The van der Waals surface area contributed by atoms with E-state index < -0.39 is 4.92 Å². The van der Waals surface area contributed by atoms with Gasteiger partial charge in [-0.3, -0.25) is 14.9 Å². The molecule has 0 spiro atoms. The molecule has 9 heteroatoms. The zero-order valence-electron chi connectivity index (χ0n) is 14.2. The van der Waals surface area contributed by atoms with E-state index in [2.05, 4.69) is 10.1 Å². The van der Waals surface area contributed by atoms with Gasteiger partial charge in [-0.15, -0.1) is 5.10 Å². The summed E-state index contributed by atoms with van der Waals surface area (Å²) in [6.07, 6.45) is 5.22. The second-order valence-electron chi connectivity index (χ2n) is 5.81. The molecule has 2 aromatic carbocycles. The van der Waals surface area contributed by atoms with Crippen LogP contribution in [0.15, 0.2) is 53.3 Å². The highest BCUT2D eigenvalue weighted by molar-refractivity contribution is 7.15. The molecule has 0 aliphatic carbocycles. The number of hydrogen-bond acceptors (Lipinski definition) is 6. The number of benzene rings is 2. The Morgan fingerprint density at radius 1 is 1.04 bits per heavy atom. The fourth-order valence-corrected chi connectivity index (χ4v) is 3.55. The molecule has 0 amide bonds. The number of non-ortho nitro benzene ring substituents is 1. The van der Waals surface area contributed by atoms with E-state index in [1.54, 1.807) is 36.4 Å². The Hall–Kier alpha value is -3.36. The second-order valence-corrected chi connectivity index (χ2v) is 7.26. The maximum absolute atomic E-state index is 12.5. The fourth-order valence-electron chi connectivity index (χ4n) is 2.51. The molecule has 0 atom stereocenters. The van der Waals surface area contributed by atoms with E-state index in [1.807, 2.05) is 18.2 Å². The Labute approximate surface area is 167 Å². The molecule has 0 saturated heterocycles. The minimum atomic E-state index is -0.467. The number of rotatable bonds is 4. The van der Waals surface area contributed by atoms with Gasteiger partial charge in [0.05, 0.1) is 9.46 Å². The lowest BCUT2D eigenvalue weighted by atomic mass is 10.2. The van der Waals surface area contributed by atoms with E-state index >= 15 is 0 Å². The second kappa shape index (κ2) is 7.34. The molecule has 7 nitrogen and oxygen atoms in total. The van der Waals surface area contributed by atoms with Gasteiger partial charge in [0.1, 0.15) is 0 Å². The zero-order valence-corrected chi connectivity index (χ0v) is 15.7. The van der Waals surface area contributed by atoms with Crippen LogP contribution in [-0.4, -0.2) is 19.5 Å². The smallest absolute Gasteiger partial charge is 0.266 e. The van der Waals surface area contributed by atoms with Crippen LogP contribution in [-0.2, 0) is 0 Å². The molecular formula is C19H11ClN4O3S. The third kappa shape index (κ3) is 3.68. The number of aromatic nitrogens is 3. The van der Waals surface area contributed by atoms with E-state index in [4.69, 9.17) is 11.6 Å². The summed E-state index contributed by atoms with van der Waals surface area (Å²) in [5.74, 6) is 0.431. The summed E-state index contributed by atoms with van der Waals surface area (Å²) in [7, 11) is 0. The molecule has 138 valence electrons. The van der Waals surface area contributed by atoms with Crippen LogP contribution in [0, 0.1) is 10.1 Å². The SMILES string of the molecule is O=c1/c(=C/c2ccc([N+](=O)[O-])cc2)sc2nc(/C=C/c3ccc(Cl)cc3)nn12. The minimum absolute atomic E-state index is 0.000683. The molecule has 2 aromatic heterocycles. The number of fused-ring (bicyclic) bond motifs is 1. The lowest BCUT2D eigenvalue weighted by molar-refractivity contribution is -0.384. The van der Waals surface area contributed by atoms with Gasteiger partial charge in [0.2, 0.25) is 4.96 Å². The van der Waals surface area contributed by atoms with Crippen molar-refractivity contribution in [2.45, 2.75) is 0 Å². The van der Waals surface area contributed by atoms with Gasteiger partial charge in [-0.05, 0) is 47.5 Å². The maximum atomic E-state index is 12.5. The van der Waals surface area contributed by atoms with E-state index in [-0.39, 0.29) is 11.2 Å². The lowest BCUT2D eigenvalue weighted by Gasteiger charge is -1.92. The van der Waals surface area contributed by atoms with Crippen LogP contribution in [0.2, 0.25) is 5.02 Å². The van der Waals surface area contributed by atoms with Gasteiger partial charge < -0.3 is 0 Å². The zero-order chi connectivity index (χ0) is 19.7. The topological polar surface area (TPSA) is 90.4 Å². The van der Waals surface area contributed by atoms with Gasteiger partial charge >= 0.3 is 0 Å². The molecule has 0 aliphatic rings. The van der Waals surface area contributed by atoms with Crippen molar-refractivity contribution in [2.24, 2.45) is 0 Å². The van der Waals surface area contributed by atoms with Gasteiger partial charge in [-0.1, -0.05) is 41.1 Å². The molecule has 2 heterocycles. The molecule has 0 bridgehead atoms. The number of nitrogens with zero attached hydrogens (tertiary/aromatic N) is 4. The van der Waals surface area contributed by atoms with E-state index in [1.165, 1.54) is 28.0 Å². The van der Waals surface area contributed by atoms with Crippen LogP contribution in [0.1, 0.15) is 17.0 Å². The average Bonchev–Trinajstić information content (AvgIpc) is 3.21. The molecule has 28 heavy (non-hydrogen) atoms. The summed E-state index contributed by atoms with van der Waals surface area (Å²) in [6.45, 7) is 0. The number of thiazole rings is 1. The molecule has 0 unspecified atom stereocenters. The van der Waals surface area contributed by atoms with Crippen LogP contribution in [0.3, 0.4) is 0 Å². The maximum Gasteiger partial charge on any atom is 0.291 e. The van der Waals surface area contributed by atoms with Crippen molar-refractivity contribution in [1.29, 1.82) is 0 Å². The summed E-state index contributed by atoms with van der Waals surface area (Å²) in [5, 5.41) is 15.6. The number of halogens is 1. The number of nitro groups is 1. The summed E-state index contributed by atoms with van der Waals surface area (Å²) in [6, 6.07) is 13.3. The van der Waals surface area contributed by atoms with Crippen LogP contribution in [0.25, 0.3) is 23.2 Å². The first-order valence-corrected chi connectivity index (χ1v) is 9.28. The van der Waals surface area contributed by atoms with E-state index in [0.29, 0.717) is 25.9 Å². The lowest BCUT2D eigenvalue weighted by Crippen LogP contribution is -2.23. The van der Waals surface area contributed by atoms with Gasteiger partial charge in [0.25, 0.3) is 11.2 Å². The highest BCUT2D eigenvalue weighted by atomic mass is 35.5. The van der Waals surface area contributed by atoms with Gasteiger partial charge in [-0.25, -0.2) is 0 Å². The van der Waals surface area contributed by atoms with Crippen molar-refractivity contribution >= 4 is 51.8 Å². The Bertz CT molecular complexity index is 1310. The minimum Gasteiger partial charge on any atom is -0.266 e. The van der Waals surface area contributed by atoms with Crippen molar-refractivity contribution in [1.82, 2.24) is 14.6 Å². The standard InChI is InChI=1S/C19H11ClN4O3S/c20-14-6-1-12(2-7-14)5-10-17-21-19-23(22-17)18(25)16(28-19)11-13-3-8-15(9-4-13)24(26)27/h1-11H/b10-5+,16-11-. The first-order valence-electron chi connectivity index (χ1n) is 8.09. The predicted octanol–water partition coefficient (Wildman–Crippen LogP) is 3.43. The van der Waals surface area contributed by atoms with Crippen molar-refractivity contribution < 1.29 is 4.92 Å². The Kier molecular flexibility index (Phi) is 4.72. The molecule has 0 radical (unpaired) electrons. The van der Waals surface area contributed by atoms with Gasteiger partial charge in [0.15, 0.2) is 5.82 Å². The quantitative estimate of drug-likeness (QED) is 0.379. The van der Waals surface area contributed by atoms with Crippen LogP contribution >= 0.6 is 22.9 Å². The summed E-state index contributed by atoms with van der Waals surface area (Å²) in [5.41, 5.74) is 1.35. The monoisotopic (exact) mass is 410 g/mol. The third-order valence-corrected chi connectivity index (χ3v) is 5.11. The molecule has 0 saturated carbocycles. The first kappa shape index (κ1) is 18.0. The Morgan fingerprint density at radius 3 is 2.36 bits per heavy atom. The van der Waals surface area contributed by atoms with Crippen molar-refractivity contribution in [3.63, 3.8) is 0 Å². The van der Waals surface area contributed by atoms with Crippen LogP contribution in [0.5, 0.6) is 0 Å². The van der Waals surface area contributed by atoms with Crippen molar-refractivity contribution in [3.8, 4) is 0 Å². The first-order chi connectivity index (χ1) is 13.5.